The first-order valence-corrected chi connectivity index (χ1v) is 3.31. The molecule has 0 aromatic carbocycles. The van der Waals surface area contributed by atoms with Crippen LogP contribution in [0.1, 0.15) is 19.3 Å². The van der Waals surface area contributed by atoms with Crippen LogP contribution in [0.25, 0.3) is 0 Å². The first kappa shape index (κ1) is 6.96. The molecule has 1 atom stereocenters. The molecule has 54 valence electrons. The molecular formula is C6H13FN2. The zero-order valence-electron chi connectivity index (χ0n) is 5.44. The maximum absolute atomic E-state index is 12.8. The van der Waals surface area contributed by atoms with Crippen LogP contribution in [0.3, 0.4) is 0 Å². The lowest BCUT2D eigenvalue weighted by atomic mass is 10.1. The first-order chi connectivity index (χ1) is 4.16. The van der Waals surface area contributed by atoms with Gasteiger partial charge in [-0.3, -0.25) is 0 Å². The fourth-order valence-electron chi connectivity index (χ4n) is 0.893. The number of halogens is 1. The molecule has 1 rings (SSSR count). The normalized spacial score (nSPS) is 25.7. The monoisotopic (exact) mass is 132 g/mol. The molecule has 9 heavy (non-hydrogen) atoms. The Morgan fingerprint density at radius 2 is 2.11 bits per heavy atom. The second-order valence-electron chi connectivity index (χ2n) is 2.85. The van der Waals surface area contributed by atoms with E-state index in [-0.39, 0.29) is 6.04 Å². The highest BCUT2D eigenvalue weighted by molar-refractivity contribution is 4.96. The van der Waals surface area contributed by atoms with Gasteiger partial charge < -0.3 is 11.5 Å². The maximum Gasteiger partial charge on any atom is 0.112 e. The van der Waals surface area contributed by atoms with Crippen molar-refractivity contribution in [2.45, 2.75) is 31.0 Å². The minimum Gasteiger partial charge on any atom is -0.329 e. The maximum atomic E-state index is 12.8. The van der Waals surface area contributed by atoms with Gasteiger partial charge in [0.05, 0.1) is 0 Å². The predicted octanol–water partition coefficient (Wildman–Crippen LogP) is 0.165. The third-order valence-electron chi connectivity index (χ3n) is 1.72. The van der Waals surface area contributed by atoms with E-state index in [2.05, 4.69) is 0 Å². The highest BCUT2D eigenvalue weighted by Gasteiger charge is 2.43. The topological polar surface area (TPSA) is 52.0 Å². The fraction of sp³-hybridized carbons (Fsp3) is 1.00. The number of hydrogen-bond acceptors (Lipinski definition) is 2. The second kappa shape index (κ2) is 2.23. The molecule has 0 spiro atoms. The molecule has 4 N–H and O–H groups in total. The zero-order chi connectivity index (χ0) is 6.91. The van der Waals surface area contributed by atoms with E-state index in [0.717, 1.165) is 0 Å². The predicted molar refractivity (Wildman–Crippen MR) is 34.7 cm³/mol. The van der Waals surface area contributed by atoms with Crippen LogP contribution >= 0.6 is 0 Å². The van der Waals surface area contributed by atoms with Gasteiger partial charge in [0, 0.05) is 12.6 Å². The van der Waals surface area contributed by atoms with Gasteiger partial charge in [0.1, 0.15) is 5.67 Å². The van der Waals surface area contributed by atoms with E-state index < -0.39 is 5.67 Å². The van der Waals surface area contributed by atoms with Crippen LogP contribution in [-0.2, 0) is 0 Å². The third-order valence-corrected chi connectivity index (χ3v) is 1.72. The van der Waals surface area contributed by atoms with Crippen LogP contribution in [0.4, 0.5) is 4.39 Å². The fourth-order valence-corrected chi connectivity index (χ4v) is 0.893. The Morgan fingerprint density at radius 1 is 1.56 bits per heavy atom. The van der Waals surface area contributed by atoms with Crippen molar-refractivity contribution in [1.29, 1.82) is 0 Å². The summed E-state index contributed by atoms with van der Waals surface area (Å²) in [5.74, 6) is 0. The minimum absolute atomic E-state index is 0.141. The van der Waals surface area contributed by atoms with Gasteiger partial charge in [0.25, 0.3) is 0 Å². The zero-order valence-corrected chi connectivity index (χ0v) is 5.44. The number of hydrogen-bond donors (Lipinski definition) is 2. The van der Waals surface area contributed by atoms with Crippen molar-refractivity contribution in [2.75, 3.05) is 6.54 Å². The quantitative estimate of drug-likeness (QED) is 0.575. The summed E-state index contributed by atoms with van der Waals surface area (Å²) in [4.78, 5) is 0. The van der Waals surface area contributed by atoms with Crippen molar-refractivity contribution in [2.24, 2.45) is 11.5 Å². The van der Waals surface area contributed by atoms with Crippen molar-refractivity contribution in [3.8, 4) is 0 Å². The highest BCUT2D eigenvalue weighted by Crippen LogP contribution is 2.43. The molecule has 0 aromatic rings. The SMILES string of the molecule is NCC(N)CC1(F)CC1. The molecule has 1 unspecified atom stereocenters. The molecule has 0 heterocycles. The number of rotatable bonds is 3. The van der Waals surface area contributed by atoms with Crippen molar-refractivity contribution < 1.29 is 4.39 Å². The Bertz CT molecular complexity index is 101. The lowest BCUT2D eigenvalue weighted by Crippen LogP contribution is -2.32. The van der Waals surface area contributed by atoms with Crippen molar-refractivity contribution >= 4 is 0 Å². The van der Waals surface area contributed by atoms with Gasteiger partial charge in [-0.2, -0.15) is 0 Å². The highest BCUT2D eigenvalue weighted by atomic mass is 19.1. The Morgan fingerprint density at radius 3 is 2.44 bits per heavy atom. The van der Waals surface area contributed by atoms with E-state index >= 15 is 0 Å². The molecule has 0 amide bonds. The van der Waals surface area contributed by atoms with Gasteiger partial charge in [0.15, 0.2) is 0 Å². The smallest absolute Gasteiger partial charge is 0.112 e. The molecule has 0 aliphatic heterocycles. The Labute approximate surface area is 54.4 Å². The van der Waals surface area contributed by atoms with E-state index in [0.29, 0.717) is 25.8 Å². The van der Waals surface area contributed by atoms with Gasteiger partial charge in [-0.05, 0) is 19.3 Å². The Kier molecular flexibility index (Phi) is 1.73. The molecule has 0 aromatic heterocycles. The summed E-state index contributed by atoms with van der Waals surface area (Å²) in [6, 6.07) is -0.141. The van der Waals surface area contributed by atoms with Crippen LogP contribution in [0.15, 0.2) is 0 Å². The van der Waals surface area contributed by atoms with E-state index in [1.165, 1.54) is 0 Å². The van der Waals surface area contributed by atoms with Crippen LogP contribution in [-0.4, -0.2) is 18.3 Å². The van der Waals surface area contributed by atoms with Crippen LogP contribution < -0.4 is 11.5 Å². The Balaban J connectivity index is 2.17. The summed E-state index contributed by atoms with van der Waals surface area (Å²) in [6.07, 6.45) is 1.81. The second-order valence-corrected chi connectivity index (χ2v) is 2.85. The molecule has 1 saturated carbocycles. The van der Waals surface area contributed by atoms with Crippen LogP contribution in [0, 0.1) is 0 Å². The van der Waals surface area contributed by atoms with E-state index in [1.807, 2.05) is 0 Å². The van der Waals surface area contributed by atoms with Gasteiger partial charge in [-0.1, -0.05) is 0 Å². The van der Waals surface area contributed by atoms with Crippen molar-refractivity contribution in [3.05, 3.63) is 0 Å². The number of nitrogens with two attached hydrogens (primary N) is 2. The van der Waals surface area contributed by atoms with Gasteiger partial charge in [0.2, 0.25) is 0 Å². The summed E-state index contributed by atoms with van der Waals surface area (Å²) >= 11 is 0. The van der Waals surface area contributed by atoms with E-state index in [1.54, 1.807) is 0 Å². The first-order valence-electron chi connectivity index (χ1n) is 3.31. The summed E-state index contributed by atoms with van der Waals surface area (Å²) < 4.78 is 12.8. The van der Waals surface area contributed by atoms with E-state index in [4.69, 9.17) is 11.5 Å². The molecular weight excluding hydrogens is 119 g/mol. The average molecular weight is 132 g/mol. The molecule has 0 bridgehead atoms. The lowest BCUT2D eigenvalue weighted by Gasteiger charge is -2.09. The number of alkyl halides is 1. The molecule has 0 radical (unpaired) electrons. The largest absolute Gasteiger partial charge is 0.329 e. The van der Waals surface area contributed by atoms with Gasteiger partial charge in [-0.25, -0.2) is 4.39 Å². The minimum atomic E-state index is -0.932. The standard InChI is InChI=1S/C6H13FN2/c7-6(1-2-6)3-5(9)4-8/h5H,1-4,8-9H2. The van der Waals surface area contributed by atoms with Gasteiger partial charge >= 0.3 is 0 Å². The van der Waals surface area contributed by atoms with Crippen LogP contribution in [0.2, 0.25) is 0 Å². The lowest BCUT2D eigenvalue weighted by molar-refractivity contribution is 0.272. The van der Waals surface area contributed by atoms with Crippen molar-refractivity contribution in [3.63, 3.8) is 0 Å². The summed E-state index contributed by atoms with van der Waals surface area (Å²) in [7, 11) is 0. The Hall–Kier alpha value is -0.150. The summed E-state index contributed by atoms with van der Waals surface area (Å²) in [5.41, 5.74) is 9.72. The molecule has 3 heteroatoms. The molecule has 1 aliphatic carbocycles. The molecule has 1 fully saturated rings. The van der Waals surface area contributed by atoms with Gasteiger partial charge in [-0.15, -0.1) is 0 Å². The third kappa shape index (κ3) is 1.91. The van der Waals surface area contributed by atoms with Crippen LogP contribution in [0.5, 0.6) is 0 Å². The van der Waals surface area contributed by atoms with E-state index in [9.17, 15) is 4.39 Å². The molecule has 1 aliphatic rings. The average Bonchev–Trinajstić information content (AvgIpc) is 2.48. The summed E-state index contributed by atoms with van der Waals surface area (Å²) in [5, 5.41) is 0. The van der Waals surface area contributed by atoms with Crippen molar-refractivity contribution in [1.82, 2.24) is 0 Å². The summed E-state index contributed by atoms with van der Waals surface area (Å²) in [6.45, 7) is 0.395. The molecule has 2 nitrogen and oxygen atoms in total. The molecule has 0 saturated heterocycles.